The number of benzene rings is 1. The van der Waals surface area contributed by atoms with Gasteiger partial charge in [0.05, 0.1) is 4.34 Å². The SMILES string of the molecule is NC(=O)c1ccc(F)c(CNCCc2ccc(Cl)s2)c1. The standard InChI is InChI=1S/C14H14ClFN2OS/c15-13-4-2-11(20-13)5-6-18-8-10-7-9(14(17)19)1-3-12(10)16/h1-4,7,18H,5-6,8H2,(H2,17,19). The van der Waals surface area contributed by atoms with E-state index in [1.54, 1.807) is 0 Å². The van der Waals surface area contributed by atoms with Crippen molar-refractivity contribution in [2.75, 3.05) is 6.54 Å². The highest BCUT2D eigenvalue weighted by Crippen LogP contribution is 2.21. The molecule has 1 aromatic heterocycles. The summed E-state index contributed by atoms with van der Waals surface area (Å²) in [6, 6.07) is 7.96. The summed E-state index contributed by atoms with van der Waals surface area (Å²) in [6.45, 7) is 1.06. The zero-order valence-corrected chi connectivity index (χ0v) is 12.2. The Labute approximate surface area is 125 Å². The number of halogens is 2. The van der Waals surface area contributed by atoms with Crippen LogP contribution in [0, 0.1) is 5.82 Å². The van der Waals surface area contributed by atoms with Crippen molar-refractivity contribution in [3.8, 4) is 0 Å². The lowest BCUT2D eigenvalue weighted by atomic mass is 10.1. The minimum absolute atomic E-state index is 0.313. The molecule has 0 aliphatic heterocycles. The van der Waals surface area contributed by atoms with Crippen LogP contribution in [0.25, 0.3) is 0 Å². The van der Waals surface area contributed by atoms with E-state index in [0.29, 0.717) is 24.2 Å². The number of hydrogen-bond donors (Lipinski definition) is 2. The molecule has 0 aliphatic rings. The van der Waals surface area contributed by atoms with Gasteiger partial charge >= 0.3 is 0 Å². The summed E-state index contributed by atoms with van der Waals surface area (Å²) < 4.78 is 14.3. The molecule has 1 heterocycles. The van der Waals surface area contributed by atoms with Crippen molar-refractivity contribution in [3.05, 3.63) is 56.5 Å². The molecule has 0 atom stereocenters. The molecular weight excluding hydrogens is 299 g/mol. The Hall–Kier alpha value is -1.43. The highest BCUT2D eigenvalue weighted by Gasteiger charge is 2.07. The zero-order chi connectivity index (χ0) is 14.5. The van der Waals surface area contributed by atoms with Crippen molar-refractivity contribution in [1.29, 1.82) is 0 Å². The lowest BCUT2D eigenvalue weighted by Crippen LogP contribution is -2.18. The molecule has 1 aromatic carbocycles. The topological polar surface area (TPSA) is 55.1 Å². The van der Waals surface area contributed by atoms with Crippen LogP contribution in [0.4, 0.5) is 4.39 Å². The molecule has 3 N–H and O–H groups in total. The number of rotatable bonds is 6. The molecule has 20 heavy (non-hydrogen) atoms. The van der Waals surface area contributed by atoms with Gasteiger partial charge in [0.25, 0.3) is 0 Å². The first kappa shape index (κ1) is 15.0. The third kappa shape index (κ3) is 4.03. The van der Waals surface area contributed by atoms with Gasteiger partial charge in [-0.3, -0.25) is 4.79 Å². The van der Waals surface area contributed by atoms with E-state index < -0.39 is 5.91 Å². The molecule has 0 bridgehead atoms. The van der Waals surface area contributed by atoms with Crippen LogP contribution in [0.3, 0.4) is 0 Å². The molecule has 0 spiro atoms. The van der Waals surface area contributed by atoms with E-state index >= 15 is 0 Å². The first-order valence-corrected chi connectivity index (χ1v) is 7.29. The first-order chi connectivity index (χ1) is 9.56. The van der Waals surface area contributed by atoms with Gasteiger partial charge in [-0.05, 0) is 36.8 Å². The molecule has 0 radical (unpaired) electrons. The van der Waals surface area contributed by atoms with Gasteiger partial charge in [0, 0.05) is 29.1 Å². The second-order valence-corrected chi connectivity index (χ2v) is 6.10. The summed E-state index contributed by atoms with van der Waals surface area (Å²) in [6.07, 6.45) is 0.828. The highest BCUT2D eigenvalue weighted by molar-refractivity contribution is 7.16. The first-order valence-electron chi connectivity index (χ1n) is 6.09. The third-order valence-corrected chi connectivity index (χ3v) is 4.11. The molecule has 6 heteroatoms. The number of amides is 1. The van der Waals surface area contributed by atoms with E-state index in [1.165, 1.54) is 34.4 Å². The van der Waals surface area contributed by atoms with Crippen molar-refractivity contribution in [2.24, 2.45) is 5.73 Å². The Morgan fingerprint density at radius 2 is 2.15 bits per heavy atom. The average Bonchev–Trinajstić information content (AvgIpc) is 2.82. The number of carbonyl (C=O) groups is 1. The molecule has 0 saturated heterocycles. The van der Waals surface area contributed by atoms with Crippen LogP contribution >= 0.6 is 22.9 Å². The lowest BCUT2D eigenvalue weighted by Gasteiger charge is -2.06. The van der Waals surface area contributed by atoms with Gasteiger partial charge in [-0.15, -0.1) is 11.3 Å². The van der Waals surface area contributed by atoms with Gasteiger partial charge in [-0.2, -0.15) is 0 Å². The molecule has 3 nitrogen and oxygen atoms in total. The monoisotopic (exact) mass is 312 g/mol. The molecule has 106 valence electrons. The maximum Gasteiger partial charge on any atom is 0.248 e. The van der Waals surface area contributed by atoms with E-state index in [-0.39, 0.29) is 5.82 Å². The van der Waals surface area contributed by atoms with E-state index in [0.717, 1.165) is 10.8 Å². The molecule has 2 rings (SSSR count). The minimum Gasteiger partial charge on any atom is -0.366 e. The van der Waals surface area contributed by atoms with Gasteiger partial charge in [-0.25, -0.2) is 4.39 Å². The van der Waals surface area contributed by atoms with Crippen LogP contribution in [-0.4, -0.2) is 12.5 Å². The molecule has 1 amide bonds. The molecule has 0 unspecified atom stereocenters. The van der Waals surface area contributed by atoms with Gasteiger partial charge in [0.2, 0.25) is 5.91 Å². The van der Waals surface area contributed by atoms with Gasteiger partial charge < -0.3 is 11.1 Å². The largest absolute Gasteiger partial charge is 0.366 e. The fraction of sp³-hybridized carbons (Fsp3) is 0.214. The highest BCUT2D eigenvalue weighted by atomic mass is 35.5. The summed E-state index contributed by atoms with van der Waals surface area (Å²) in [7, 11) is 0. The number of carbonyl (C=O) groups excluding carboxylic acids is 1. The number of hydrogen-bond acceptors (Lipinski definition) is 3. The zero-order valence-electron chi connectivity index (χ0n) is 10.7. The minimum atomic E-state index is -0.556. The van der Waals surface area contributed by atoms with Crippen molar-refractivity contribution in [2.45, 2.75) is 13.0 Å². The van der Waals surface area contributed by atoms with E-state index in [1.807, 2.05) is 12.1 Å². The molecule has 0 fully saturated rings. The van der Waals surface area contributed by atoms with Gasteiger partial charge in [-0.1, -0.05) is 11.6 Å². The Morgan fingerprint density at radius 1 is 1.35 bits per heavy atom. The second-order valence-electron chi connectivity index (χ2n) is 4.30. The van der Waals surface area contributed by atoms with Crippen LogP contribution in [0.2, 0.25) is 4.34 Å². The third-order valence-electron chi connectivity index (χ3n) is 2.82. The van der Waals surface area contributed by atoms with Gasteiger partial charge in [0.1, 0.15) is 5.82 Å². The van der Waals surface area contributed by atoms with Crippen molar-refractivity contribution >= 4 is 28.8 Å². The summed E-state index contributed by atoms with van der Waals surface area (Å²) in [5.41, 5.74) is 5.92. The summed E-state index contributed by atoms with van der Waals surface area (Å²) in [5, 5.41) is 3.14. The Morgan fingerprint density at radius 3 is 2.80 bits per heavy atom. The summed E-state index contributed by atoms with van der Waals surface area (Å²) >= 11 is 7.38. The predicted octanol–water partition coefficient (Wildman–Crippen LogP) is 2.97. The molecule has 0 aliphatic carbocycles. The molecular formula is C14H14ClFN2OS. The second kappa shape index (κ2) is 6.83. The maximum absolute atomic E-state index is 13.6. The quantitative estimate of drug-likeness (QED) is 0.806. The Bertz CT molecular complexity index is 615. The molecule has 2 aromatic rings. The van der Waals surface area contributed by atoms with E-state index in [2.05, 4.69) is 5.32 Å². The fourth-order valence-corrected chi connectivity index (χ4v) is 2.87. The normalized spacial score (nSPS) is 10.7. The Kier molecular flexibility index (Phi) is 5.11. The van der Waals surface area contributed by atoms with Crippen LogP contribution in [0.15, 0.2) is 30.3 Å². The van der Waals surface area contributed by atoms with Crippen molar-refractivity contribution < 1.29 is 9.18 Å². The number of thiophene rings is 1. The predicted molar refractivity (Wildman–Crippen MR) is 79.7 cm³/mol. The number of primary amides is 1. The van der Waals surface area contributed by atoms with Crippen LogP contribution in [0.5, 0.6) is 0 Å². The van der Waals surface area contributed by atoms with Crippen LogP contribution < -0.4 is 11.1 Å². The maximum atomic E-state index is 13.6. The van der Waals surface area contributed by atoms with Crippen molar-refractivity contribution in [1.82, 2.24) is 5.32 Å². The average molecular weight is 313 g/mol. The smallest absolute Gasteiger partial charge is 0.248 e. The van der Waals surface area contributed by atoms with Crippen molar-refractivity contribution in [3.63, 3.8) is 0 Å². The number of nitrogens with two attached hydrogens (primary N) is 1. The van der Waals surface area contributed by atoms with Crippen LogP contribution in [0.1, 0.15) is 20.8 Å². The Balaban J connectivity index is 1.87. The van der Waals surface area contributed by atoms with E-state index in [9.17, 15) is 9.18 Å². The molecule has 0 saturated carbocycles. The van der Waals surface area contributed by atoms with E-state index in [4.69, 9.17) is 17.3 Å². The lowest BCUT2D eigenvalue weighted by molar-refractivity contribution is 0.1000. The fourth-order valence-electron chi connectivity index (χ4n) is 1.78. The van der Waals surface area contributed by atoms with Gasteiger partial charge in [0.15, 0.2) is 0 Å². The summed E-state index contributed by atoms with van der Waals surface area (Å²) in [5.74, 6) is -0.902. The number of nitrogens with one attached hydrogen (secondary N) is 1. The van der Waals surface area contributed by atoms with Crippen LogP contribution in [-0.2, 0) is 13.0 Å². The summed E-state index contributed by atoms with van der Waals surface area (Å²) in [4.78, 5) is 12.2.